The van der Waals surface area contributed by atoms with Gasteiger partial charge in [-0.3, -0.25) is 0 Å². The van der Waals surface area contributed by atoms with Crippen molar-refractivity contribution in [3.63, 3.8) is 0 Å². The zero-order chi connectivity index (χ0) is 13.1. The Morgan fingerprint density at radius 2 is 2.17 bits per heavy atom. The molecule has 0 radical (unpaired) electrons. The number of carbonyl (C=O) groups excluding carboxylic acids is 1. The maximum Gasteiger partial charge on any atom is 0.359 e. The van der Waals surface area contributed by atoms with Gasteiger partial charge in [-0.05, 0) is 12.1 Å². The van der Waals surface area contributed by atoms with E-state index in [9.17, 15) is 15.0 Å². The van der Waals surface area contributed by atoms with Crippen LogP contribution in [0.2, 0.25) is 0 Å². The third-order valence-electron chi connectivity index (χ3n) is 2.60. The Hall–Kier alpha value is -1.54. The van der Waals surface area contributed by atoms with Gasteiger partial charge in [-0.2, -0.15) is 0 Å². The molecular weight excluding hydrogens is 242 g/mol. The molecule has 1 aliphatic rings. The molecule has 0 amide bonds. The number of esters is 1. The summed E-state index contributed by atoms with van der Waals surface area (Å²) in [6, 6.07) is 4.70. The average Bonchev–Trinajstić information content (AvgIpc) is 2.67. The van der Waals surface area contributed by atoms with E-state index in [1.54, 1.807) is 12.1 Å². The normalized spacial score (nSPS) is 31.3. The smallest absolute Gasteiger partial charge is 0.359 e. The summed E-state index contributed by atoms with van der Waals surface area (Å²) in [5.74, 6) is -0.773. The molecule has 0 saturated carbocycles. The van der Waals surface area contributed by atoms with Crippen LogP contribution in [0.15, 0.2) is 24.4 Å². The third-order valence-corrected chi connectivity index (χ3v) is 2.60. The summed E-state index contributed by atoms with van der Waals surface area (Å²) in [7, 11) is 0. The molecule has 3 N–H and O–H groups in total. The van der Waals surface area contributed by atoms with E-state index >= 15 is 0 Å². The fraction of sp³-hybridized carbons (Fsp3) is 0.455. The minimum absolute atomic E-state index is 0.0650. The van der Waals surface area contributed by atoms with Gasteiger partial charge in [0.05, 0.1) is 6.61 Å². The number of carbonyl (C=O) groups is 1. The molecule has 0 aliphatic carbocycles. The number of hydrogen-bond acceptors (Lipinski definition) is 7. The fourth-order valence-electron chi connectivity index (χ4n) is 1.61. The first-order valence-corrected chi connectivity index (χ1v) is 5.38. The lowest BCUT2D eigenvalue weighted by molar-refractivity contribution is -0.139. The first-order valence-electron chi connectivity index (χ1n) is 5.38. The van der Waals surface area contributed by atoms with E-state index in [1.165, 1.54) is 12.3 Å². The van der Waals surface area contributed by atoms with E-state index in [2.05, 4.69) is 4.98 Å². The van der Waals surface area contributed by atoms with Crippen molar-refractivity contribution in [3.8, 4) is 0 Å². The lowest BCUT2D eigenvalue weighted by Crippen LogP contribution is -2.35. The first kappa shape index (κ1) is 12.9. The van der Waals surface area contributed by atoms with E-state index in [0.29, 0.717) is 0 Å². The number of aliphatic hydroxyl groups excluding tert-OH is 3. The molecule has 7 nitrogen and oxygen atoms in total. The lowest BCUT2D eigenvalue weighted by atomic mass is 10.1. The van der Waals surface area contributed by atoms with Crippen LogP contribution in [-0.2, 0) is 9.47 Å². The minimum atomic E-state index is -1.39. The number of aliphatic hydroxyl groups is 3. The molecule has 0 bridgehead atoms. The number of hydrogen-bond donors (Lipinski definition) is 3. The number of rotatable bonds is 3. The van der Waals surface area contributed by atoms with E-state index in [-0.39, 0.29) is 5.69 Å². The first-order chi connectivity index (χ1) is 8.63. The Labute approximate surface area is 103 Å². The maximum absolute atomic E-state index is 11.6. The molecule has 18 heavy (non-hydrogen) atoms. The zero-order valence-corrected chi connectivity index (χ0v) is 9.34. The van der Waals surface area contributed by atoms with E-state index in [1.807, 2.05) is 0 Å². The summed E-state index contributed by atoms with van der Waals surface area (Å²) in [5, 5.41) is 27.9. The zero-order valence-electron chi connectivity index (χ0n) is 9.34. The minimum Gasteiger partial charge on any atom is -0.428 e. The SMILES string of the molecule is O=C(OC1O[C@H](CO)[C@@H](O)[C@H]1O)c1ccccn1. The second-order valence-electron chi connectivity index (χ2n) is 3.83. The van der Waals surface area contributed by atoms with Crippen molar-refractivity contribution in [3.05, 3.63) is 30.1 Å². The van der Waals surface area contributed by atoms with E-state index < -0.39 is 37.2 Å². The summed E-state index contributed by atoms with van der Waals surface area (Å²) >= 11 is 0. The summed E-state index contributed by atoms with van der Waals surface area (Å²) in [5.41, 5.74) is 0.0650. The molecule has 1 aromatic rings. The van der Waals surface area contributed by atoms with Gasteiger partial charge in [0.25, 0.3) is 0 Å². The molecule has 1 aromatic heterocycles. The summed E-state index contributed by atoms with van der Waals surface area (Å²) < 4.78 is 9.87. The number of nitrogens with zero attached hydrogens (tertiary/aromatic N) is 1. The highest BCUT2D eigenvalue weighted by Gasteiger charge is 2.44. The van der Waals surface area contributed by atoms with Crippen LogP contribution < -0.4 is 0 Å². The molecule has 2 heterocycles. The Balaban J connectivity index is 2.00. The van der Waals surface area contributed by atoms with Crippen LogP contribution in [-0.4, -0.2) is 57.5 Å². The third kappa shape index (κ3) is 2.49. The van der Waals surface area contributed by atoms with Crippen molar-refractivity contribution in [1.82, 2.24) is 4.98 Å². The molecule has 1 unspecified atom stereocenters. The van der Waals surface area contributed by atoms with Gasteiger partial charge in [0.2, 0.25) is 6.29 Å². The Kier molecular flexibility index (Phi) is 3.87. The molecule has 7 heteroatoms. The lowest BCUT2D eigenvalue weighted by Gasteiger charge is -2.14. The summed E-state index contributed by atoms with van der Waals surface area (Å²) in [6.45, 7) is -0.476. The molecule has 4 atom stereocenters. The highest BCUT2D eigenvalue weighted by atomic mass is 16.7. The van der Waals surface area contributed by atoms with Gasteiger partial charge in [0.1, 0.15) is 24.0 Å². The molecule has 1 saturated heterocycles. The van der Waals surface area contributed by atoms with Crippen molar-refractivity contribution in [2.45, 2.75) is 24.6 Å². The standard InChI is InChI=1S/C11H13NO6/c13-5-7-8(14)9(15)11(17-7)18-10(16)6-3-1-2-4-12-6/h1-4,7-9,11,13-15H,5H2/t7-,8-,9-,11?/m1/s1. The van der Waals surface area contributed by atoms with Crippen molar-refractivity contribution >= 4 is 5.97 Å². The number of ether oxygens (including phenoxy) is 2. The van der Waals surface area contributed by atoms with Gasteiger partial charge in [-0.1, -0.05) is 6.07 Å². The monoisotopic (exact) mass is 255 g/mol. The van der Waals surface area contributed by atoms with Crippen LogP contribution in [0.5, 0.6) is 0 Å². The van der Waals surface area contributed by atoms with Crippen LogP contribution in [0, 0.1) is 0 Å². The van der Waals surface area contributed by atoms with Gasteiger partial charge in [0, 0.05) is 6.20 Å². The van der Waals surface area contributed by atoms with Gasteiger partial charge >= 0.3 is 5.97 Å². The van der Waals surface area contributed by atoms with Crippen LogP contribution >= 0.6 is 0 Å². The van der Waals surface area contributed by atoms with Crippen molar-refractivity contribution < 1.29 is 29.6 Å². The number of aromatic nitrogens is 1. The van der Waals surface area contributed by atoms with Gasteiger partial charge < -0.3 is 24.8 Å². The highest BCUT2D eigenvalue weighted by molar-refractivity contribution is 5.87. The maximum atomic E-state index is 11.6. The van der Waals surface area contributed by atoms with Crippen LogP contribution in [0.3, 0.4) is 0 Å². The molecule has 0 spiro atoms. The van der Waals surface area contributed by atoms with Gasteiger partial charge in [-0.15, -0.1) is 0 Å². The predicted molar refractivity (Wildman–Crippen MR) is 57.4 cm³/mol. The molecule has 1 aliphatic heterocycles. The van der Waals surface area contributed by atoms with Crippen molar-refractivity contribution in [1.29, 1.82) is 0 Å². The second kappa shape index (κ2) is 5.40. The predicted octanol–water partition coefficient (Wildman–Crippen LogP) is -1.32. The molecule has 1 fully saturated rings. The molecule has 98 valence electrons. The van der Waals surface area contributed by atoms with Crippen LogP contribution in [0.1, 0.15) is 10.5 Å². The average molecular weight is 255 g/mol. The Morgan fingerprint density at radius 3 is 2.72 bits per heavy atom. The Bertz CT molecular complexity index is 411. The topological polar surface area (TPSA) is 109 Å². The van der Waals surface area contributed by atoms with Crippen LogP contribution in [0.25, 0.3) is 0 Å². The van der Waals surface area contributed by atoms with Crippen molar-refractivity contribution in [2.75, 3.05) is 6.61 Å². The second-order valence-corrected chi connectivity index (χ2v) is 3.83. The largest absolute Gasteiger partial charge is 0.428 e. The Morgan fingerprint density at radius 1 is 1.39 bits per heavy atom. The highest BCUT2D eigenvalue weighted by Crippen LogP contribution is 2.22. The number of pyridine rings is 1. The van der Waals surface area contributed by atoms with Gasteiger partial charge in [-0.25, -0.2) is 9.78 Å². The molecular formula is C11H13NO6. The molecule has 0 aromatic carbocycles. The molecule has 2 rings (SSSR count). The summed E-state index contributed by atoms with van der Waals surface area (Å²) in [4.78, 5) is 15.4. The van der Waals surface area contributed by atoms with E-state index in [4.69, 9.17) is 14.6 Å². The van der Waals surface area contributed by atoms with Crippen molar-refractivity contribution in [2.24, 2.45) is 0 Å². The summed E-state index contributed by atoms with van der Waals surface area (Å²) in [6.07, 6.45) is -3.55. The van der Waals surface area contributed by atoms with Crippen LogP contribution in [0.4, 0.5) is 0 Å². The van der Waals surface area contributed by atoms with Gasteiger partial charge in [0.15, 0.2) is 0 Å². The fourth-order valence-corrected chi connectivity index (χ4v) is 1.61. The van der Waals surface area contributed by atoms with E-state index in [0.717, 1.165) is 0 Å². The quantitative estimate of drug-likeness (QED) is 0.574.